The van der Waals surface area contributed by atoms with E-state index in [9.17, 15) is 14.0 Å². The molecule has 0 unspecified atom stereocenters. The van der Waals surface area contributed by atoms with Crippen LogP contribution in [0.4, 0.5) is 9.18 Å². The Kier molecular flexibility index (Phi) is 5.85. The van der Waals surface area contributed by atoms with Gasteiger partial charge in [-0.15, -0.1) is 0 Å². The lowest BCUT2D eigenvalue weighted by atomic mass is 10.1. The SMILES string of the molecule is N#C/C(=C/c1cccc(OCc2ccc(F)cc2)c1)C(=O)NC(N)=O. The van der Waals surface area contributed by atoms with E-state index in [-0.39, 0.29) is 18.0 Å². The molecule has 0 spiro atoms. The molecule has 0 saturated carbocycles. The maximum Gasteiger partial charge on any atom is 0.319 e. The molecule has 126 valence electrons. The molecule has 0 aliphatic rings. The minimum Gasteiger partial charge on any atom is -0.489 e. The number of nitrogens with one attached hydrogen (secondary N) is 1. The molecule has 6 nitrogen and oxygen atoms in total. The van der Waals surface area contributed by atoms with Gasteiger partial charge in [0.05, 0.1) is 0 Å². The van der Waals surface area contributed by atoms with Crippen molar-refractivity contribution in [1.29, 1.82) is 5.26 Å². The summed E-state index contributed by atoms with van der Waals surface area (Å²) in [4.78, 5) is 22.3. The summed E-state index contributed by atoms with van der Waals surface area (Å²) < 4.78 is 18.5. The van der Waals surface area contributed by atoms with Crippen LogP contribution in [-0.4, -0.2) is 11.9 Å². The molecule has 0 heterocycles. The third kappa shape index (κ3) is 5.48. The zero-order valence-electron chi connectivity index (χ0n) is 13.0. The second kappa shape index (κ2) is 8.26. The summed E-state index contributed by atoms with van der Waals surface area (Å²) in [5.74, 6) is -0.701. The molecule has 3 N–H and O–H groups in total. The number of ether oxygens (including phenoxy) is 1. The lowest BCUT2D eigenvalue weighted by molar-refractivity contribution is -0.115. The number of nitrogens with zero attached hydrogens (tertiary/aromatic N) is 1. The second-order valence-electron chi connectivity index (χ2n) is 4.98. The number of nitrogens with two attached hydrogens (primary N) is 1. The lowest BCUT2D eigenvalue weighted by Crippen LogP contribution is -2.35. The Morgan fingerprint density at radius 1 is 1.24 bits per heavy atom. The van der Waals surface area contributed by atoms with Crippen LogP contribution in [0.1, 0.15) is 11.1 Å². The summed E-state index contributed by atoms with van der Waals surface area (Å²) in [6, 6.07) is 13.3. The molecule has 2 rings (SSSR count). The predicted molar refractivity (Wildman–Crippen MR) is 88.5 cm³/mol. The molecule has 7 heteroatoms. The highest BCUT2D eigenvalue weighted by molar-refractivity contribution is 6.08. The zero-order chi connectivity index (χ0) is 18.2. The number of carbonyl (C=O) groups excluding carboxylic acids is 2. The first-order valence-corrected chi connectivity index (χ1v) is 7.18. The number of halogens is 1. The molecule has 0 atom stereocenters. The topological polar surface area (TPSA) is 105 Å². The van der Waals surface area contributed by atoms with Gasteiger partial charge in [0.1, 0.15) is 29.8 Å². The van der Waals surface area contributed by atoms with E-state index in [4.69, 9.17) is 15.7 Å². The van der Waals surface area contributed by atoms with Gasteiger partial charge in [0.2, 0.25) is 0 Å². The third-order valence-corrected chi connectivity index (χ3v) is 3.09. The predicted octanol–water partition coefficient (Wildman–Crippen LogP) is 2.51. The molecule has 25 heavy (non-hydrogen) atoms. The van der Waals surface area contributed by atoms with Crippen molar-refractivity contribution in [3.63, 3.8) is 0 Å². The van der Waals surface area contributed by atoms with Crippen molar-refractivity contribution in [2.24, 2.45) is 5.73 Å². The molecule has 0 radical (unpaired) electrons. The normalized spacial score (nSPS) is 10.6. The standard InChI is InChI=1S/C18H14FN3O3/c19-15-6-4-12(5-7-15)11-25-16-3-1-2-13(9-16)8-14(10-20)17(23)22-18(21)24/h1-9H,11H2,(H3,21,22,23,24)/b14-8-. The number of carbonyl (C=O) groups is 2. The quantitative estimate of drug-likeness (QED) is 0.645. The van der Waals surface area contributed by atoms with Crippen LogP contribution in [-0.2, 0) is 11.4 Å². The van der Waals surface area contributed by atoms with Gasteiger partial charge in [-0.1, -0.05) is 24.3 Å². The first kappa shape index (κ1) is 17.7. The Morgan fingerprint density at radius 3 is 2.60 bits per heavy atom. The number of benzene rings is 2. The van der Waals surface area contributed by atoms with Crippen molar-refractivity contribution in [1.82, 2.24) is 5.32 Å². The average molecular weight is 339 g/mol. The fourth-order valence-electron chi connectivity index (χ4n) is 1.94. The summed E-state index contributed by atoms with van der Waals surface area (Å²) in [5, 5.41) is 10.8. The van der Waals surface area contributed by atoms with Crippen molar-refractivity contribution in [3.05, 3.63) is 71.0 Å². The number of urea groups is 1. The van der Waals surface area contributed by atoms with E-state index in [2.05, 4.69) is 0 Å². The Labute approximate surface area is 143 Å². The molecule has 0 aromatic heterocycles. The summed E-state index contributed by atoms with van der Waals surface area (Å²) in [5.41, 5.74) is 5.92. The number of rotatable bonds is 5. The van der Waals surface area contributed by atoms with Gasteiger partial charge in [-0.3, -0.25) is 10.1 Å². The van der Waals surface area contributed by atoms with Crippen molar-refractivity contribution in [3.8, 4) is 11.8 Å². The maximum atomic E-state index is 12.9. The van der Waals surface area contributed by atoms with Gasteiger partial charge in [-0.2, -0.15) is 5.26 Å². The third-order valence-electron chi connectivity index (χ3n) is 3.09. The van der Waals surface area contributed by atoms with Gasteiger partial charge in [0.15, 0.2) is 0 Å². The lowest BCUT2D eigenvalue weighted by Gasteiger charge is -2.07. The van der Waals surface area contributed by atoms with Crippen molar-refractivity contribution < 1.29 is 18.7 Å². The highest BCUT2D eigenvalue weighted by Crippen LogP contribution is 2.17. The highest BCUT2D eigenvalue weighted by atomic mass is 19.1. The number of hydrogen-bond donors (Lipinski definition) is 2. The van der Waals surface area contributed by atoms with Crippen LogP contribution in [0.25, 0.3) is 6.08 Å². The van der Waals surface area contributed by atoms with Crippen LogP contribution in [0.15, 0.2) is 54.1 Å². The monoisotopic (exact) mass is 339 g/mol. The average Bonchev–Trinajstić information content (AvgIpc) is 2.59. The number of imide groups is 1. The first-order chi connectivity index (χ1) is 12.0. The summed E-state index contributed by atoms with van der Waals surface area (Å²) in [6.45, 7) is 0.237. The van der Waals surface area contributed by atoms with E-state index in [1.54, 1.807) is 42.5 Å². The summed E-state index contributed by atoms with van der Waals surface area (Å²) in [7, 11) is 0. The van der Waals surface area contributed by atoms with Gasteiger partial charge in [0.25, 0.3) is 5.91 Å². The molecule has 2 aromatic rings. The molecular formula is C18H14FN3O3. The Bertz CT molecular complexity index is 855. The minimum atomic E-state index is -1.04. The number of nitriles is 1. The van der Waals surface area contributed by atoms with Crippen LogP contribution in [0, 0.1) is 17.1 Å². The van der Waals surface area contributed by atoms with Crippen LogP contribution in [0.5, 0.6) is 5.75 Å². The number of amides is 3. The van der Waals surface area contributed by atoms with Crippen LogP contribution < -0.4 is 15.8 Å². The van der Waals surface area contributed by atoms with E-state index in [0.717, 1.165) is 5.56 Å². The Hall–Kier alpha value is -3.66. The van der Waals surface area contributed by atoms with E-state index < -0.39 is 11.9 Å². The fraction of sp³-hybridized carbons (Fsp3) is 0.0556. The molecule has 0 saturated heterocycles. The van der Waals surface area contributed by atoms with E-state index in [0.29, 0.717) is 11.3 Å². The highest BCUT2D eigenvalue weighted by Gasteiger charge is 2.11. The van der Waals surface area contributed by atoms with Gasteiger partial charge >= 0.3 is 6.03 Å². The fourth-order valence-corrected chi connectivity index (χ4v) is 1.94. The molecular weight excluding hydrogens is 325 g/mol. The largest absolute Gasteiger partial charge is 0.489 e. The van der Waals surface area contributed by atoms with Crippen LogP contribution in [0.3, 0.4) is 0 Å². The molecule has 0 aliphatic carbocycles. The maximum absolute atomic E-state index is 12.9. The first-order valence-electron chi connectivity index (χ1n) is 7.18. The summed E-state index contributed by atoms with van der Waals surface area (Å²) in [6.07, 6.45) is 1.31. The number of hydrogen-bond acceptors (Lipinski definition) is 4. The van der Waals surface area contributed by atoms with Crippen LogP contribution in [0.2, 0.25) is 0 Å². The molecule has 3 amide bonds. The summed E-state index contributed by atoms with van der Waals surface area (Å²) >= 11 is 0. The van der Waals surface area contributed by atoms with Gasteiger partial charge in [-0.05, 0) is 41.5 Å². The van der Waals surface area contributed by atoms with E-state index in [1.807, 2.05) is 5.32 Å². The van der Waals surface area contributed by atoms with Crippen molar-refractivity contribution in [2.45, 2.75) is 6.61 Å². The van der Waals surface area contributed by atoms with Crippen LogP contribution >= 0.6 is 0 Å². The number of primary amides is 1. The zero-order valence-corrected chi connectivity index (χ0v) is 13.0. The minimum absolute atomic E-state index is 0.237. The molecule has 0 bridgehead atoms. The van der Waals surface area contributed by atoms with Gasteiger partial charge in [0, 0.05) is 0 Å². The van der Waals surface area contributed by atoms with Gasteiger partial charge < -0.3 is 10.5 Å². The Morgan fingerprint density at radius 2 is 1.96 bits per heavy atom. The smallest absolute Gasteiger partial charge is 0.319 e. The van der Waals surface area contributed by atoms with E-state index >= 15 is 0 Å². The van der Waals surface area contributed by atoms with Crippen molar-refractivity contribution in [2.75, 3.05) is 0 Å². The molecule has 0 aliphatic heterocycles. The van der Waals surface area contributed by atoms with E-state index in [1.165, 1.54) is 18.2 Å². The van der Waals surface area contributed by atoms with Crippen molar-refractivity contribution >= 4 is 18.0 Å². The molecule has 2 aromatic carbocycles. The second-order valence-corrected chi connectivity index (χ2v) is 4.98. The Balaban J connectivity index is 2.10. The van der Waals surface area contributed by atoms with Gasteiger partial charge in [-0.25, -0.2) is 9.18 Å². The molecule has 0 fully saturated rings.